The van der Waals surface area contributed by atoms with Gasteiger partial charge in [-0.3, -0.25) is 0 Å². The molecule has 0 fully saturated rings. The average Bonchev–Trinajstić information content (AvgIpc) is 2.96. The van der Waals surface area contributed by atoms with Crippen molar-refractivity contribution in [2.75, 3.05) is 6.61 Å². The van der Waals surface area contributed by atoms with Crippen molar-refractivity contribution in [2.45, 2.75) is 45.2 Å². The van der Waals surface area contributed by atoms with Gasteiger partial charge in [-0.15, -0.1) is 11.3 Å². The van der Waals surface area contributed by atoms with Crippen LogP contribution in [0.1, 0.15) is 48.7 Å². The van der Waals surface area contributed by atoms with E-state index in [1.165, 1.54) is 23.5 Å². The molecule has 1 aromatic carbocycles. The number of nitrogens with zero attached hydrogens (tertiary/aromatic N) is 1. The summed E-state index contributed by atoms with van der Waals surface area (Å²) in [5.74, 6) is -0.00519. The molecule has 1 unspecified atom stereocenters. The summed E-state index contributed by atoms with van der Waals surface area (Å²) in [7, 11) is 0. The molecule has 1 heterocycles. The highest BCUT2D eigenvalue weighted by Gasteiger charge is 2.30. The molecule has 1 aromatic heterocycles. The second-order valence-electron chi connectivity index (χ2n) is 5.42. The fourth-order valence-corrected chi connectivity index (χ4v) is 3.62. The largest absolute Gasteiger partial charge is 0.416 e. The van der Waals surface area contributed by atoms with E-state index in [-0.39, 0.29) is 12.5 Å². The Morgan fingerprint density at radius 3 is 2.30 bits per heavy atom. The van der Waals surface area contributed by atoms with E-state index in [1.54, 1.807) is 0 Å². The van der Waals surface area contributed by atoms with Crippen LogP contribution < -0.4 is 0 Å². The molecule has 0 aliphatic heterocycles. The Labute approximate surface area is 138 Å². The first-order valence-corrected chi connectivity index (χ1v) is 8.50. The van der Waals surface area contributed by atoms with Crippen LogP contribution in [0.2, 0.25) is 0 Å². The number of rotatable bonds is 6. The highest BCUT2D eigenvalue weighted by Crippen LogP contribution is 2.35. The Kier molecular flexibility index (Phi) is 5.81. The molecule has 0 bridgehead atoms. The van der Waals surface area contributed by atoms with E-state index in [4.69, 9.17) is 0 Å². The quantitative estimate of drug-likeness (QED) is 0.775. The molecule has 2 nitrogen and oxygen atoms in total. The number of hydrogen-bond donors (Lipinski definition) is 1. The number of alkyl halides is 3. The van der Waals surface area contributed by atoms with Crippen molar-refractivity contribution in [3.8, 4) is 10.6 Å². The maximum Gasteiger partial charge on any atom is 0.416 e. The van der Waals surface area contributed by atoms with Gasteiger partial charge in [-0.25, -0.2) is 4.98 Å². The van der Waals surface area contributed by atoms with Crippen molar-refractivity contribution in [3.63, 3.8) is 0 Å². The lowest BCUT2D eigenvalue weighted by atomic mass is 9.99. The zero-order valence-corrected chi connectivity index (χ0v) is 14.0. The van der Waals surface area contributed by atoms with E-state index in [0.717, 1.165) is 42.0 Å². The SMILES string of the molecule is CCCC(CO)c1nc(-c2ccc(C(F)(F)F)cc2)sc1CC. The number of halogens is 3. The van der Waals surface area contributed by atoms with Gasteiger partial charge < -0.3 is 5.11 Å². The lowest BCUT2D eigenvalue weighted by Gasteiger charge is -2.11. The molecule has 1 N–H and O–H groups in total. The molecule has 0 radical (unpaired) electrons. The zero-order valence-electron chi connectivity index (χ0n) is 13.2. The van der Waals surface area contributed by atoms with Crippen molar-refractivity contribution in [2.24, 2.45) is 0 Å². The number of aliphatic hydroxyl groups excluding tert-OH is 1. The molecular weight excluding hydrogens is 323 g/mol. The molecule has 0 aliphatic carbocycles. The minimum absolute atomic E-state index is 0.00519. The zero-order chi connectivity index (χ0) is 17.0. The molecule has 1 atom stereocenters. The normalized spacial score (nSPS) is 13.3. The number of hydrogen-bond acceptors (Lipinski definition) is 3. The van der Waals surface area contributed by atoms with E-state index < -0.39 is 11.7 Å². The number of aromatic nitrogens is 1. The Balaban J connectivity index is 2.35. The van der Waals surface area contributed by atoms with Gasteiger partial charge in [0.2, 0.25) is 0 Å². The van der Waals surface area contributed by atoms with Crippen LogP contribution in [-0.4, -0.2) is 16.7 Å². The maximum atomic E-state index is 12.6. The van der Waals surface area contributed by atoms with Crippen LogP contribution in [0.3, 0.4) is 0 Å². The lowest BCUT2D eigenvalue weighted by molar-refractivity contribution is -0.137. The fourth-order valence-electron chi connectivity index (χ4n) is 2.52. The summed E-state index contributed by atoms with van der Waals surface area (Å²) in [6.45, 7) is 4.11. The number of benzene rings is 1. The third-order valence-electron chi connectivity index (χ3n) is 3.75. The van der Waals surface area contributed by atoms with E-state index in [1.807, 2.05) is 6.92 Å². The van der Waals surface area contributed by atoms with Crippen molar-refractivity contribution in [3.05, 3.63) is 40.4 Å². The highest BCUT2D eigenvalue weighted by atomic mass is 32.1. The molecule has 0 aliphatic rings. The summed E-state index contributed by atoms with van der Waals surface area (Å²) in [5, 5.41) is 10.3. The highest BCUT2D eigenvalue weighted by molar-refractivity contribution is 7.15. The van der Waals surface area contributed by atoms with Crippen molar-refractivity contribution >= 4 is 11.3 Å². The molecule has 2 aromatic rings. The number of thiazole rings is 1. The van der Waals surface area contributed by atoms with Crippen LogP contribution in [0.5, 0.6) is 0 Å². The number of aliphatic hydroxyl groups is 1. The van der Waals surface area contributed by atoms with Crippen LogP contribution in [0, 0.1) is 0 Å². The summed E-state index contributed by atoms with van der Waals surface area (Å²) in [6, 6.07) is 5.08. The topological polar surface area (TPSA) is 33.1 Å². The van der Waals surface area contributed by atoms with Crippen LogP contribution in [0.25, 0.3) is 10.6 Å². The monoisotopic (exact) mass is 343 g/mol. The Morgan fingerprint density at radius 2 is 1.83 bits per heavy atom. The second kappa shape index (κ2) is 7.45. The van der Waals surface area contributed by atoms with Gasteiger partial charge >= 0.3 is 6.18 Å². The third kappa shape index (κ3) is 4.12. The molecular formula is C17H20F3NOS. The van der Waals surface area contributed by atoms with Gasteiger partial charge in [0.1, 0.15) is 5.01 Å². The summed E-state index contributed by atoms with van der Waals surface area (Å²) >= 11 is 1.49. The third-order valence-corrected chi connectivity index (χ3v) is 5.02. The van der Waals surface area contributed by atoms with Crippen LogP contribution in [-0.2, 0) is 12.6 Å². The predicted molar refractivity (Wildman–Crippen MR) is 86.7 cm³/mol. The lowest BCUT2D eigenvalue weighted by Crippen LogP contribution is -2.06. The summed E-state index contributed by atoms with van der Waals surface area (Å²) < 4.78 is 37.9. The Hall–Kier alpha value is -1.40. The summed E-state index contributed by atoms with van der Waals surface area (Å²) in [4.78, 5) is 5.70. The summed E-state index contributed by atoms with van der Waals surface area (Å²) in [6.07, 6.45) is -1.74. The van der Waals surface area contributed by atoms with Gasteiger partial charge in [0.25, 0.3) is 0 Å². The van der Waals surface area contributed by atoms with Gasteiger partial charge in [-0.1, -0.05) is 32.4 Å². The molecule has 0 saturated heterocycles. The minimum atomic E-state index is -4.33. The van der Waals surface area contributed by atoms with Crippen LogP contribution >= 0.6 is 11.3 Å². The first-order chi connectivity index (χ1) is 10.9. The first-order valence-electron chi connectivity index (χ1n) is 7.68. The second-order valence-corrected chi connectivity index (χ2v) is 6.51. The first kappa shape index (κ1) is 17.9. The standard InChI is InChI=1S/C17H20F3NOS/c1-3-5-12(10-22)15-14(4-2)23-16(21-15)11-6-8-13(9-7-11)17(18,19)20/h6-9,12,22H,3-5,10H2,1-2H3. The Morgan fingerprint density at radius 1 is 1.17 bits per heavy atom. The predicted octanol–water partition coefficient (Wildman–Crippen LogP) is 5.27. The molecule has 0 saturated carbocycles. The van der Waals surface area contributed by atoms with E-state index in [0.29, 0.717) is 10.6 Å². The van der Waals surface area contributed by atoms with Gasteiger partial charge in [0.05, 0.1) is 17.9 Å². The molecule has 2 rings (SSSR count). The van der Waals surface area contributed by atoms with Gasteiger partial charge in [-0.2, -0.15) is 13.2 Å². The van der Waals surface area contributed by atoms with E-state index >= 15 is 0 Å². The van der Waals surface area contributed by atoms with E-state index in [9.17, 15) is 18.3 Å². The maximum absolute atomic E-state index is 12.6. The van der Waals surface area contributed by atoms with Gasteiger partial charge in [-0.05, 0) is 25.0 Å². The molecule has 23 heavy (non-hydrogen) atoms. The van der Waals surface area contributed by atoms with Crippen LogP contribution in [0.15, 0.2) is 24.3 Å². The molecule has 0 spiro atoms. The molecule has 6 heteroatoms. The molecule has 126 valence electrons. The van der Waals surface area contributed by atoms with Gasteiger partial charge in [0, 0.05) is 16.4 Å². The van der Waals surface area contributed by atoms with Crippen LogP contribution in [0.4, 0.5) is 13.2 Å². The van der Waals surface area contributed by atoms with Gasteiger partial charge in [0.15, 0.2) is 0 Å². The smallest absolute Gasteiger partial charge is 0.396 e. The van der Waals surface area contributed by atoms with E-state index in [2.05, 4.69) is 11.9 Å². The average molecular weight is 343 g/mol. The fraction of sp³-hybridized carbons (Fsp3) is 0.471. The molecule has 0 amide bonds. The van der Waals surface area contributed by atoms with Crippen molar-refractivity contribution < 1.29 is 18.3 Å². The minimum Gasteiger partial charge on any atom is -0.396 e. The van der Waals surface area contributed by atoms with Crippen molar-refractivity contribution in [1.29, 1.82) is 0 Å². The Bertz CT molecular complexity index is 634. The number of aryl methyl sites for hydroxylation is 1. The summed E-state index contributed by atoms with van der Waals surface area (Å²) in [5.41, 5.74) is 0.904. The van der Waals surface area contributed by atoms with Crippen molar-refractivity contribution in [1.82, 2.24) is 4.98 Å².